The monoisotopic (exact) mass is 430 g/mol. The van der Waals surface area contributed by atoms with E-state index in [1.165, 1.54) is 41.5 Å². The first kappa shape index (κ1) is 20.8. The van der Waals surface area contributed by atoms with Crippen molar-refractivity contribution >= 4 is 23.5 Å². The van der Waals surface area contributed by atoms with Crippen LogP contribution in [0.3, 0.4) is 0 Å². The maximum absolute atomic E-state index is 13.1. The molecule has 0 bridgehead atoms. The van der Waals surface area contributed by atoms with Crippen molar-refractivity contribution in [2.24, 2.45) is 0 Å². The number of rotatable bonds is 7. The van der Waals surface area contributed by atoms with E-state index in [2.05, 4.69) is 0 Å². The summed E-state index contributed by atoms with van der Waals surface area (Å²) >= 11 is 0. The normalized spacial score (nSPS) is 16.2. The Kier molecular flexibility index (Phi) is 5.67. The summed E-state index contributed by atoms with van der Waals surface area (Å²) in [6.07, 6.45) is 4.34. The second-order valence-electron chi connectivity index (χ2n) is 7.13. The second kappa shape index (κ2) is 8.73. The lowest BCUT2D eigenvalue weighted by Gasteiger charge is -2.25. The summed E-state index contributed by atoms with van der Waals surface area (Å²) < 4.78 is 5.33. The molecule has 1 N–H and O–H groups in total. The van der Waals surface area contributed by atoms with Crippen molar-refractivity contribution in [3.63, 3.8) is 0 Å². The first-order chi connectivity index (χ1) is 15.5. The van der Waals surface area contributed by atoms with Gasteiger partial charge in [-0.25, -0.2) is 0 Å². The molecule has 8 heteroatoms. The van der Waals surface area contributed by atoms with E-state index < -0.39 is 28.4 Å². The highest BCUT2D eigenvalue weighted by molar-refractivity contribution is 6.14. The van der Waals surface area contributed by atoms with Gasteiger partial charge in [-0.15, -0.1) is 0 Å². The number of nitrogens with zero attached hydrogens (tertiary/aromatic N) is 2. The fourth-order valence-electron chi connectivity index (χ4n) is 3.59. The van der Waals surface area contributed by atoms with Gasteiger partial charge in [-0.2, -0.15) is 0 Å². The van der Waals surface area contributed by atoms with Gasteiger partial charge in [0, 0.05) is 12.1 Å². The van der Waals surface area contributed by atoms with Gasteiger partial charge >= 0.3 is 0 Å². The van der Waals surface area contributed by atoms with Gasteiger partial charge in [0.05, 0.1) is 29.3 Å². The highest BCUT2D eigenvalue weighted by Crippen LogP contribution is 2.39. The molecule has 0 aliphatic carbocycles. The minimum Gasteiger partial charge on any atom is -0.503 e. The Bertz CT molecular complexity index is 1210. The third-order valence-corrected chi connectivity index (χ3v) is 5.12. The van der Waals surface area contributed by atoms with Gasteiger partial charge in [0.2, 0.25) is 0 Å². The van der Waals surface area contributed by atoms with Crippen molar-refractivity contribution in [2.45, 2.75) is 12.6 Å². The van der Waals surface area contributed by atoms with E-state index in [1.54, 1.807) is 18.2 Å². The van der Waals surface area contributed by atoms with Crippen LogP contribution in [0.25, 0.3) is 6.08 Å². The number of aliphatic hydroxyl groups excluding tert-OH is 1. The highest BCUT2D eigenvalue weighted by atomic mass is 16.6. The maximum atomic E-state index is 13.1. The molecule has 0 spiro atoms. The molecule has 3 aromatic rings. The number of amides is 1. The van der Waals surface area contributed by atoms with Gasteiger partial charge in [0.1, 0.15) is 5.76 Å². The van der Waals surface area contributed by atoms with E-state index in [0.717, 1.165) is 5.56 Å². The van der Waals surface area contributed by atoms with Crippen LogP contribution in [0.2, 0.25) is 0 Å². The molecule has 1 amide bonds. The van der Waals surface area contributed by atoms with E-state index in [9.17, 15) is 24.8 Å². The minimum atomic E-state index is -0.929. The number of benzene rings is 2. The van der Waals surface area contributed by atoms with Crippen LogP contribution in [-0.4, -0.2) is 26.6 Å². The molecule has 0 fully saturated rings. The van der Waals surface area contributed by atoms with Crippen molar-refractivity contribution in [1.82, 2.24) is 4.90 Å². The number of carbonyl (C=O) groups excluding carboxylic acids is 2. The quantitative estimate of drug-likeness (QED) is 0.338. The summed E-state index contributed by atoms with van der Waals surface area (Å²) in [4.78, 5) is 37.7. The molecule has 0 saturated heterocycles. The summed E-state index contributed by atoms with van der Waals surface area (Å²) in [5.41, 5.74) is 1.02. The first-order valence-electron chi connectivity index (χ1n) is 9.74. The number of aliphatic hydroxyl groups is 1. The molecule has 1 aliphatic rings. The Morgan fingerprint density at radius 3 is 2.44 bits per heavy atom. The second-order valence-corrected chi connectivity index (χ2v) is 7.13. The van der Waals surface area contributed by atoms with Crippen LogP contribution in [0.15, 0.2) is 94.8 Å². The molecule has 32 heavy (non-hydrogen) atoms. The molecular weight excluding hydrogens is 412 g/mol. The average molecular weight is 430 g/mol. The average Bonchev–Trinajstić information content (AvgIpc) is 3.40. The SMILES string of the molecule is O=C(C=Cc1ccccc1)C1=C(O)C(=O)N(Cc2ccco2)C1c1ccc([N+](=O)[O-])cc1. The number of non-ortho nitro benzene ring substituents is 1. The number of ketones is 1. The maximum Gasteiger partial charge on any atom is 0.290 e. The van der Waals surface area contributed by atoms with Gasteiger partial charge in [-0.3, -0.25) is 19.7 Å². The molecule has 1 unspecified atom stereocenters. The van der Waals surface area contributed by atoms with Crippen LogP contribution in [0.4, 0.5) is 5.69 Å². The van der Waals surface area contributed by atoms with Crippen molar-refractivity contribution in [2.75, 3.05) is 0 Å². The number of furan rings is 1. The van der Waals surface area contributed by atoms with Crippen LogP contribution in [-0.2, 0) is 16.1 Å². The van der Waals surface area contributed by atoms with Crippen molar-refractivity contribution in [3.05, 3.63) is 117 Å². The summed E-state index contributed by atoms with van der Waals surface area (Å²) in [5, 5.41) is 21.6. The molecule has 160 valence electrons. The number of hydrogen-bond donors (Lipinski definition) is 1. The topological polar surface area (TPSA) is 114 Å². The molecular formula is C24H18N2O6. The number of nitro benzene ring substituents is 1. The third-order valence-electron chi connectivity index (χ3n) is 5.12. The molecule has 0 saturated carbocycles. The van der Waals surface area contributed by atoms with E-state index in [-0.39, 0.29) is 17.8 Å². The van der Waals surface area contributed by atoms with Crippen LogP contribution in [0, 0.1) is 10.1 Å². The van der Waals surface area contributed by atoms with Crippen LogP contribution in [0.1, 0.15) is 22.9 Å². The zero-order valence-corrected chi connectivity index (χ0v) is 16.8. The number of nitro groups is 1. The zero-order chi connectivity index (χ0) is 22.7. The van der Waals surface area contributed by atoms with E-state index in [1.807, 2.05) is 30.3 Å². The Hall–Kier alpha value is -4.46. The van der Waals surface area contributed by atoms with E-state index >= 15 is 0 Å². The molecule has 2 heterocycles. The smallest absolute Gasteiger partial charge is 0.290 e. The van der Waals surface area contributed by atoms with Gasteiger partial charge in [0.15, 0.2) is 11.5 Å². The summed E-state index contributed by atoms with van der Waals surface area (Å²) in [7, 11) is 0. The molecule has 1 atom stereocenters. The van der Waals surface area contributed by atoms with Gasteiger partial charge < -0.3 is 14.4 Å². The van der Waals surface area contributed by atoms with E-state index in [4.69, 9.17) is 4.42 Å². The first-order valence-corrected chi connectivity index (χ1v) is 9.74. The lowest BCUT2D eigenvalue weighted by Crippen LogP contribution is -2.30. The van der Waals surface area contributed by atoms with Gasteiger partial charge in [0.25, 0.3) is 11.6 Å². The molecule has 8 nitrogen and oxygen atoms in total. The Balaban J connectivity index is 1.72. The third kappa shape index (κ3) is 4.06. The number of allylic oxidation sites excluding steroid dienone is 1. The molecule has 1 aliphatic heterocycles. The Labute approximate surface area is 182 Å². The standard InChI is InChI=1S/C24H18N2O6/c27-20(13-8-16-5-2-1-3-6-16)21-22(17-9-11-18(12-10-17)26(30)31)25(24(29)23(21)28)15-19-7-4-14-32-19/h1-14,22,28H,15H2. The van der Waals surface area contributed by atoms with Crippen LogP contribution >= 0.6 is 0 Å². The minimum absolute atomic E-state index is 0.0106. The van der Waals surface area contributed by atoms with Gasteiger partial charge in [-0.05, 0) is 41.5 Å². The van der Waals surface area contributed by atoms with Gasteiger partial charge in [-0.1, -0.05) is 36.4 Å². The summed E-state index contributed by atoms with van der Waals surface area (Å²) in [6, 6.07) is 17.1. The predicted molar refractivity (Wildman–Crippen MR) is 115 cm³/mol. The fourth-order valence-corrected chi connectivity index (χ4v) is 3.59. The number of carbonyl (C=O) groups is 2. The lowest BCUT2D eigenvalue weighted by molar-refractivity contribution is -0.384. The molecule has 0 radical (unpaired) electrons. The van der Waals surface area contributed by atoms with Crippen molar-refractivity contribution in [1.29, 1.82) is 0 Å². The molecule has 2 aromatic carbocycles. The largest absolute Gasteiger partial charge is 0.503 e. The highest BCUT2D eigenvalue weighted by Gasteiger charge is 2.43. The Morgan fingerprint density at radius 2 is 1.81 bits per heavy atom. The zero-order valence-electron chi connectivity index (χ0n) is 16.8. The molecule has 1 aromatic heterocycles. The van der Waals surface area contributed by atoms with Crippen LogP contribution in [0.5, 0.6) is 0 Å². The van der Waals surface area contributed by atoms with Crippen molar-refractivity contribution < 1.29 is 24.0 Å². The lowest BCUT2D eigenvalue weighted by atomic mass is 9.95. The molecule has 4 rings (SSSR count). The summed E-state index contributed by atoms with van der Waals surface area (Å²) in [5.74, 6) is -1.44. The predicted octanol–water partition coefficient (Wildman–Crippen LogP) is 4.37. The summed E-state index contributed by atoms with van der Waals surface area (Å²) in [6.45, 7) is 0.0106. The van der Waals surface area contributed by atoms with Crippen LogP contribution < -0.4 is 0 Å². The Morgan fingerprint density at radius 1 is 1.09 bits per heavy atom. The van der Waals surface area contributed by atoms with Crippen molar-refractivity contribution in [3.8, 4) is 0 Å². The van der Waals surface area contributed by atoms with E-state index in [0.29, 0.717) is 11.3 Å². The number of hydrogen-bond acceptors (Lipinski definition) is 6. The fraction of sp³-hybridized carbons (Fsp3) is 0.0833.